The minimum atomic E-state index is -1.21. The van der Waals surface area contributed by atoms with Crippen LogP contribution in [0, 0.1) is 17.3 Å². The van der Waals surface area contributed by atoms with Gasteiger partial charge in [0.15, 0.2) is 0 Å². The first-order chi connectivity index (χ1) is 25.0. The summed E-state index contributed by atoms with van der Waals surface area (Å²) in [6.45, 7) is 16.4. The van der Waals surface area contributed by atoms with E-state index in [1.807, 2.05) is 27.7 Å². The number of ether oxygens (including phenoxy) is 1. The number of rotatable bonds is 17. The third-order valence-corrected chi connectivity index (χ3v) is 9.14. The number of benzene rings is 1. The number of unbranched alkanes of at least 4 members (excludes halogenated alkanes) is 1. The molecule has 0 aromatic heterocycles. The average Bonchev–Trinajstić information content (AvgIpc) is 3.52. The molecule has 6 amide bonds. The molecule has 1 aromatic carbocycles. The lowest BCUT2D eigenvalue weighted by atomic mass is 9.85. The highest BCUT2D eigenvalue weighted by molar-refractivity contribution is 6.38. The van der Waals surface area contributed by atoms with Crippen LogP contribution in [0.4, 0.5) is 4.79 Å². The zero-order valence-corrected chi connectivity index (χ0v) is 34.2. The summed E-state index contributed by atoms with van der Waals surface area (Å²) in [6, 6.07) is 4.46. The van der Waals surface area contributed by atoms with Crippen molar-refractivity contribution in [1.82, 2.24) is 31.1 Å². The number of likely N-dealkylation sites (N-methyl/N-ethyl adjacent to an activating group) is 1. The van der Waals surface area contributed by atoms with Crippen LogP contribution in [0.3, 0.4) is 0 Å². The van der Waals surface area contributed by atoms with Gasteiger partial charge in [-0.2, -0.15) is 0 Å². The average molecular weight is 757 g/mol. The van der Waals surface area contributed by atoms with Gasteiger partial charge >= 0.3 is 6.09 Å². The highest BCUT2D eigenvalue weighted by Crippen LogP contribution is 2.32. The van der Waals surface area contributed by atoms with Crippen molar-refractivity contribution in [3.05, 3.63) is 35.9 Å². The Labute approximate surface area is 321 Å². The van der Waals surface area contributed by atoms with Crippen molar-refractivity contribution >= 4 is 41.4 Å². The molecule has 0 aliphatic carbocycles. The second-order valence-electron chi connectivity index (χ2n) is 16.9. The Kier molecular flexibility index (Phi) is 17.1. The number of carbonyl (C=O) groups is 7. The third-order valence-electron chi connectivity index (χ3n) is 9.14. The molecular weight excluding hydrogens is 692 g/mol. The number of carbonyl (C=O) groups excluding carboxylic acids is 7. The van der Waals surface area contributed by atoms with Gasteiger partial charge in [0.05, 0.1) is 12.6 Å². The molecular formula is C40H64N6O8. The molecule has 1 saturated heterocycles. The Balaban J connectivity index is 2.26. The van der Waals surface area contributed by atoms with E-state index >= 15 is 0 Å². The molecule has 14 heteroatoms. The Hall–Kier alpha value is -4.49. The maximum atomic E-state index is 14.3. The molecule has 5 atom stereocenters. The smallest absolute Gasteiger partial charge is 0.408 e. The number of ketones is 1. The number of alkyl carbamates (subject to hydrolysis) is 1. The van der Waals surface area contributed by atoms with E-state index in [2.05, 4.69) is 35.1 Å². The van der Waals surface area contributed by atoms with Gasteiger partial charge in [-0.05, 0) is 62.8 Å². The largest absolute Gasteiger partial charge is 0.444 e. The molecule has 2 rings (SSSR count). The molecule has 1 heterocycles. The molecule has 0 spiro atoms. The lowest BCUT2D eigenvalue weighted by Crippen LogP contribution is -2.59. The Morgan fingerprint density at radius 1 is 0.907 bits per heavy atom. The molecule has 302 valence electrons. The van der Waals surface area contributed by atoms with Crippen molar-refractivity contribution in [3.63, 3.8) is 0 Å². The standard InChI is InChI=1S/C40H64N6O8/c1-12-13-19-28(32(48)35(50)41-23-30(47)43-31(36(51)45(10)11)27-17-15-14-16-18-27)42-34(49)29-22-26(21-20-25(2)3)24-46(29)37(52)33(39(4,5)6)44-38(53)54-40(7,8)9/h14-18,25-26,28-29,31,33H,12-13,19-24H2,1-11H3,(H,41,50)(H,42,49)(H,43,47)(H,44,53)/t26?,28?,29-,31?,33+/m0/s1. The van der Waals surface area contributed by atoms with Crippen LogP contribution in [-0.4, -0.2) is 102 Å². The van der Waals surface area contributed by atoms with E-state index in [0.717, 1.165) is 12.8 Å². The minimum Gasteiger partial charge on any atom is -0.444 e. The van der Waals surface area contributed by atoms with Crippen LogP contribution in [-0.2, 0) is 33.5 Å². The molecule has 3 unspecified atom stereocenters. The van der Waals surface area contributed by atoms with Crippen molar-refractivity contribution in [3.8, 4) is 0 Å². The first-order valence-electron chi connectivity index (χ1n) is 19.0. The van der Waals surface area contributed by atoms with E-state index < -0.39 is 77.2 Å². The summed E-state index contributed by atoms with van der Waals surface area (Å²) in [5.74, 6) is -3.66. The fourth-order valence-electron chi connectivity index (χ4n) is 6.19. The van der Waals surface area contributed by atoms with Gasteiger partial charge in [-0.3, -0.25) is 28.8 Å². The lowest BCUT2D eigenvalue weighted by molar-refractivity contribution is -0.144. The number of hydrogen-bond acceptors (Lipinski definition) is 8. The quantitative estimate of drug-likeness (QED) is 0.173. The van der Waals surface area contributed by atoms with Crippen LogP contribution in [0.1, 0.15) is 112 Å². The van der Waals surface area contributed by atoms with Crippen molar-refractivity contribution < 1.29 is 38.3 Å². The zero-order valence-electron chi connectivity index (χ0n) is 34.2. The van der Waals surface area contributed by atoms with Crippen LogP contribution >= 0.6 is 0 Å². The van der Waals surface area contributed by atoms with E-state index in [1.165, 1.54) is 9.80 Å². The fourth-order valence-corrected chi connectivity index (χ4v) is 6.19. The van der Waals surface area contributed by atoms with Gasteiger partial charge in [0.2, 0.25) is 29.4 Å². The van der Waals surface area contributed by atoms with Gasteiger partial charge in [0.1, 0.15) is 23.7 Å². The van der Waals surface area contributed by atoms with Gasteiger partial charge in [-0.15, -0.1) is 0 Å². The van der Waals surface area contributed by atoms with E-state index in [9.17, 15) is 33.6 Å². The predicted octanol–water partition coefficient (Wildman–Crippen LogP) is 3.89. The van der Waals surface area contributed by atoms with Crippen LogP contribution in [0.25, 0.3) is 0 Å². The molecule has 1 aromatic rings. The maximum absolute atomic E-state index is 14.3. The maximum Gasteiger partial charge on any atom is 0.408 e. The summed E-state index contributed by atoms with van der Waals surface area (Å²) in [5.41, 5.74) is -0.982. The van der Waals surface area contributed by atoms with Gasteiger partial charge < -0.3 is 35.8 Å². The Morgan fingerprint density at radius 2 is 1.54 bits per heavy atom. The number of nitrogens with one attached hydrogen (secondary N) is 4. The number of likely N-dealkylation sites (tertiary alicyclic amines) is 1. The van der Waals surface area contributed by atoms with Gasteiger partial charge in [0, 0.05) is 20.6 Å². The number of hydrogen-bond donors (Lipinski definition) is 4. The van der Waals surface area contributed by atoms with Crippen LogP contribution in [0.2, 0.25) is 0 Å². The number of Topliss-reactive ketones (excluding diaryl/α,β-unsaturated/α-hetero) is 1. The van der Waals surface area contributed by atoms with Gasteiger partial charge in [-0.25, -0.2) is 4.79 Å². The second-order valence-corrected chi connectivity index (χ2v) is 16.9. The zero-order chi connectivity index (χ0) is 41.0. The van der Waals surface area contributed by atoms with Crippen LogP contribution < -0.4 is 21.3 Å². The second kappa shape index (κ2) is 20.3. The highest BCUT2D eigenvalue weighted by Gasteiger charge is 2.46. The summed E-state index contributed by atoms with van der Waals surface area (Å²) in [7, 11) is 3.12. The number of nitrogens with zero attached hydrogens (tertiary/aromatic N) is 2. The Bertz CT molecular complexity index is 1470. The number of amides is 6. The van der Waals surface area contributed by atoms with Crippen molar-refractivity contribution in [2.75, 3.05) is 27.2 Å². The van der Waals surface area contributed by atoms with Crippen molar-refractivity contribution in [2.45, 2.75) is 131 Å². The van der Waals surface area contributed by atoms with Crippen LogP contribution in [0.15, 0.2) is 30.3 Å². The van der Waals surface area contributed by atoms with Gasteiger partial charge in [0.25, 0.3) is 5.91 Å². The third kappa shape index (κ3) is 14.4. The molecule has 1 aliphatic heterocycles. The SMILES string of the molecule is CCCCC(NC(=O)[C@@H]1CC(CCC(C)C)CN1C(=O)[C@@H](NC(=O)OC(C)(C)C)C(C)(C)C)C(=O)C(=O)NCC(=O)NC(C(=O)N(C)C)c1ccccc1. The molecule has 4 N–H and O–H groups in total. The first kappa shape index (κ1) is 45.7. The molecule has 0 radical (unpaired) electrons. The van der Waals surface area contributed by atoms with Crippen molar-refractivity contribution in [1.29, 1.82) is 0 Å². The highest BCUT2D eigenvalue weighted by atomic mass is 16.6. The topological polar surface area (TPSA) is 183 Å². The van der Waals surface area contributed by atoms with Gasteiger partial charge in [-0.1, -0.05) is 91.1 Å². The minimum absolute atomic E-state index is 0.0000567. The molecule has 14 nitrogen and oxygen atoms in total. The summed E-state index contributed by atoms with van der Waals surface area (Å²) in [4.78, 5) is 96.4. The van der Waals surface area contributed by atoms with Crippen LogP contribution in [0.5, 0.6) is 0 Å². The van der Waals surface area contributed by atoms with Crippen molar-refractivity contribution in [2.24, 2.45) is 17.3 Å². The van der Waals surface area contributed by atoms with E-state index in [4.69, 9.17) is 4.74 Å². The normalized spacial score (nSPS) is 17.5. The molecule has 0 bridgehead atoms. The summed E-state index contributed by atoms with van der Waals surface area (Å²) >= 11 is 0. The summed E-state index contributed by atoms with van der Waals surface area (Å²) in [5, 5.41) is 10.4. The Morgan fingerprint density at radius 3 is 2.07 bits per heavy atom. The van der Waals surface area contributed by atoms with E-state index in [1.54, 1.807) is 65.2 Å². The van der Waals surface area contributed by atoms with E-state index in [0.29, 0.717) is 30.7 Å². The molecule has 1 aliphatic rings. The van der Waals surface area contributed by atoms with E-state index in [-0.39, 0.29) is 24.8 Å². The lowest BCUT2D eigenvalue weighted by Gasteiger charge is -2.36. The molecule has 1 fully saturated rings. The fraction of sp³-hybridized carbons (Fsp3) is 0.675. The summed E-state index contributed by atoms with van der Waals surface area (Å²) in [6.07, 6.45) is 2.63. The monoisotopic (exact) mass is 756 g/mol. The molecule has 54 heavy (non-hydrogen) atoms. The predicted molar refractivity (Wildman–Crippen MR) is 206 cm³/mol. The summed E-state index contributed by atoms with van der Waals surface area (Å²) < 4.78 is 5.45. The first-order valence-corrected chi connectivity index (χ1v) is 19.0. The molecule has 0 saturated carbocycles.